The van der Waals surface area contributed by atoms with Crippen LogP contribution in [0.4, 0.5) is 0 Å². The molecule has 0 aliphatic rings. The Kier molecular flexibility index (Phi) is 5.49. The van der Waals surface area contributed by atoms with Crippen LogP contribution < -0.4 is 5.32 Å². The van der Waals surface area contributed by atoms with E-state index in [0.29, 0.717) is 5.92 Å². The lowest BCUT2D eigenvalue weighted by molar-refractivity contribution is 0.383. The molecule has 1 aromatic heterocycles. The van der Waals surface area contributed by atoms with Crippen molar-refractivity contribution in [2.24, 2.45) is 5.92 Å². The van der Waals surface area contributed by atoms with Crippen LogP contribution in [-0.2, 0) is 13.1 Å². The van der Waals surface area contributed by atoms with Crippen molar-refractivity contribution in [3.63, 3.8) is 0 Å². The van der Waals surface area contributed by atoms with Gasteiger partial charge in [0.15, 0.2) is 0 Å². The number of hydrogen-bond acceptors (Lipinski definition) is 3. The highest BCUT2D eigenvalue weighted by molar-refractivity contribution is 4.96. The Bertz CT molecular complexity index is 291. The summed E-state index contributed by atoms with van der Waals surface area (Å²) in [5.74, 6) is 0.691. The van der Waals surface area contributed by atoms with Crippen molar-refractivity contribution in [3.05, 3.63) is 18.2 Å². The molecule has 1 rings (SSSR count). The highest BCUT2D eigenvalue weighted by Gasteiger charge is 1.99. The molecule has 1 N–H and O–H groups in total. The quantitative estimate of drug-likeness (QED) is 0.755. The van der Waals surface area contributed by atoms with E-state index in [2.05, 4.69) is 53.9 Å². The summed E-state index contributed by atoms with van der Waals surface area (Å²) in [5, 5.41) is 3.39. The molecule has 0 aliphatic heterocycles. The summed E-state index contributed by atoms with van der Waals surface area (Å²) in [7, 11) is 4.17. The van der Waals surface area contributed by atoms with Crippen molar-refractivity contribution in [1.82, 2.24) is 19.8 Å². The smallest absolute Gasteiger partial charge is 0.0950 e. The average molecular weight is 224 g/mol. The summed E-state index contributed by atoms with van der Waals surface area (Å²) in [6.07, 6.45) is 4.03. The van der Waals surface area contributed by atoms with Gasteiger partial charge in [0.2, 0.25) is 0 Å². The van der Waals surface area contributed by atoms with Gasteiger partial charge in [0.25, 0.3) is 0 Å². The van der Waals surface area contributed by atoms with Crippen LogP contribution >= 0.6 is 0 Å². The fourth-order valence-electron chi connectivity index (χ4n) is 1.42. The zero-order chi connectivity index (χ0) is 12.0. The SMILES string of the molecule is CC(C)CNCc1cn(CCN(C)C)cn1. The molecule has 0 aliphatic carbocycles. The predicted molar refractivity (Wildman–Crippen MR) is 67.3 cm³/mol. The van der Waals surface area contributed by atoms with Crippen molar-refractivity contribution >= 4 is 0 Å². The van der Waals surface area contributed by atoms with E-state index in [-0.39, 0.29) is 0 Å². The summed E-state index contributed by atoms with van der Waals surface area (Å²) < 4.78 is 2.15. The van der Waals surface area contributed by atoms with E-state index >= 15 is 0 Å². The molecular formula is C12H24N4. The minimum atomic E-state index is 0.691. The maximum absolute atomic E-state index is 4.37. The third-order valence-corrected chi connectivity index (χ3v) is 2.35. The first-order valence-corrected chi connectivity index (χ1v) is 5.94. The maximum atomic E-state index is 4.37. The van der Waals surface area contributed by atoms with Crippen molar-refractivity contribution in [3.8, 4) is 0 Å². The third-order valence-electron chi connectivity index (χ3n) is 2.35. The number of hydrogen-bond donors (Lipinski definition) is 1. The largest absolute Gasteiger partial charge is 0.336 e. The molecule has 0 atom stereocenters. The molecular weight excluding hydrogens is 200 g/mol. The van der Waals surface area contributed by atoms with Crippen LogP contribution in [0.25, 0.3) is 0 Å². The Morgan fingerprint density at radius 1 is 1.44 bits per heavy atom. The van der Waals surface area contributed by atoms with Gasteiger partial charge in [-0.15, -0.1) is 0 Å². The summed E-state index contributed by atoms with van der Waals surface area (Å²) in [6.45, 7) is 8.39. The lowest BCUT2D eigenvalue weighted by Crippen LogP contribution is -2.19. The maximum Gasteiger partial charge on any atom is 0.0950 e. The minimum Gasteiger partial charge on any atom is -0.336 e. The Balaban J connectivity index is 2.28. The molecule has 0 saturated carbocycles. The molecule has 0 bridgehead atoms. The Labute approximate surface area is 98.7 Å². The van der Waals surface area contributed by atoms with Crippen LogP contribution in [-0.4, -0.2) is 41.6 Å². The highest BCUT2D eigenvalue weighted by Crippen LogP contribution is 1.97. The number of rotatable bonds is 7. The third kappa shape index (κ3) is 5.28. The zero-order valence-corrected chi connectivity index (χ0v) is 10.9. The fourth-order valence-corrected chi connectivity index (χ4v) is 1.42. The summed E-state index contributed by atoms with van der Waals surface area (Å²) in [5.41, 5.74) is 1.12. The van der Waals surface area contributed by atoms with Crippen molar-refractivity contribution in [1.29, 1.82) is 0 Å². The van der Waals surface area contributed by atoms with Gasteiger partial charge in [-0.2, -0.15) is 0 Å². The van der Waals surface area contributed by atoms with Gasteiger partial charge in [0, 0.05) is 25.8 Å². The zero-order valence-electron chi connectivity index (χ0n) is 10.9. The standard InChI is InChI=1S/C12H24N4/c1-11(2)7-13-8-12-9-16(10-14-12)6-5-15(3)4/h9-11,13H,5-8H2,1-4H3. The molecule has 0 fully saturated rings. The molecule has 4 nitrogen and oxygen atoms in total. The summed E-state index contributed by atoms with van der Waals surface area (Å²) in [6, 6.07) is 0. The lowest BCUT2D eigenvalue weighted by atomic mass is 10.2. The van der Waals surface area contributed by atoms with Crippen LogP contribution in [0.5, 0.6) is 0 Å². The number of nitrogens with one attached hydrogen (secondary N) is 1. The molecule has 1 aromatic rings. The van der Waals surface area contributed by atoms with Crippen LogP contribution in [0.2, 0.25) is 0 Å². The second-order valence-corrected chi connectivity index (χ2v) is 4.93. The molecule has 0 unspecified atom stereocenters. The Morgan fingerprint density at radius 2 is 2.19 bits per heavy atom. The van der Waals surface area contributed by atoms with Crippen molar-refractivity contribution in [2.75, 3.05) is 27.2 Å². The molecule has 4 heteroatoms. The monoisotopic (exact) mass is 224 g/mol. The molecule has 0 saturated heterocycles. The van der Waals surface area contributed by atoms with E-state index in [0.717, 1.165) is 31.9 Å². The van der Waals surface area contributed by atoms with Crippen molar-refractivity contribution in [2.45, 2.75) is 26.9 Å². The van der Waals surface area contributed by atoms with Crippen LogP contribution in [0.3, 0.4) is 0 Å². The Morgan fingerprint density at radius 3 is 2.81 bits per heavy atom. The molecule has 0 amide bonds. The van der Waals surface area contributed by atoms with E-state index in [4.69, 9.17) is 0 Å². The topological polar surface area (TPSA) is 33.1 Å². The molecule has 0 aromatic carbocycles. The Hall–Kier alpha value is -0.870. The normalized spacial score (nSPS) is 11.6. The highest BCUT2D eigenvalue weighted by atomic mass is 15.1. The number of nitrogens with zero attached hydrogens (tertiary/aromatic N) is 3. The first-order chi connectivity index (χ1) is 7.58. The van der Waals surface area contributed by atoms with Gasteiger partial charge < -0.3 is 14.8 Å². The van der Waals surface area contributed by atoms with Crippen LogP contribution in [0.1, 0.15) is 19.5 Å². The van der Waals surface area contributed by atoms with Gasteiger partial charge in [0.1, 0.15) is 0 Å². The minimum absolute atomic E-state index is 0.691. The summed E-state index contributed by atoms with van der Waals surface area (Å²) >= 11 is 0. The van der Waals surface area contributed by atoms with Gasteiger partial charge in [-0.3, -0.25) is 0 Å². The van der Waals surface area contributed by atoms with Gasteiger partial charge >= 0.3 is 0 Å². The molecule has 16 heavy (non-hydrogen) atoms. The first-order valence-electron chi connectivity index (χ1n) is 5.94. The number of aromatic nitrogens is 2. The van der Waals surface area contributed by atoms with Crippen molar-refractivity contribution < 1.29 is 0 Å². The number of likely N-dealkylation sites (N-methyl/N-ethyl adjacent to an activating group) is 1. The average Bonchev–Trinajstić information content (AvgIpc) is 2.62. The fraction of sp³-hybridized carbons (Fsp3) is 0.750. The van der Waals surface area contributed by atoms with Gasteiger partial charge in [-0.25, -0.2) is 4.98 Å². The van der Waals surface area contributed by atoms with Gasteiger partial charge in [-0.1, -0.05) is 13.8 Å². The second kappa shape index (κ2) is 6.66. The van der Waals surface area contributed by atoms with E-state index in [1.54, 1.807) is 0 Å². The van der Waals surface area contributed by atoms with E-state index in [9.17, 15) is 0 Å². The molecule has 92 valence electrons. The van der Waals surface area contributed by atoms with E-state index in [1.165, 1.54) is 0 Å². The summed E-state index contributed by atoms with van der Waals surface area (Å²) in [4.78, 5) is 6.55. The predicted octanol–water partition coefficient (Wildman–Crippen LogP) is 1.19. The lowest BCUT2D eigenvalue weighted by Gasteiger charge is -2.09. The van der Waals surface area contributed by atoms with E-state index in [1.807, 2.05) is 6.33 Å². The second-order valence-electron chi connectivity index (χ2n) is 4.93. The first kappa shape index (κ1) is 13.2. The van der Waals surface area contributed by atoms with Gasteiger partial charge in [0.05, 0.1) is 12.0 Å². The molecule has 0 spiro atoms. The molecule has 1 heterocycles. The van der Waals surface area contributed by atoms with Gasteiger partial charge in [-0.05, 0) is 26.6 Å². The van der Waals surface area contributed by atoms with E-state index < -0.39 is 0 Å². The molecule has 0 radical (unpaired) electrons. The van der Waals surface area contributed by atoms with Crippen LogP contribution in [0, 0.1) is 5.92 Å². The van der Waals surface area contributed by atoms with Crippen LogP contribution in [0.15, 0.2) is 12.5 Å². The number of imidazole rings is 1.